The standard InChI is InChI=1S/C39H48F6N6O9S/c1-6-21-15-20(2)9-7-8-10-22-18-37(22,34(54)50-61(56,57)25-12-13-25)49-31(52)28-17-24(19-51(28)33(53)29(21)48-35(55)60-36(3,4)39(43,44)45)59-32-30(38(40,41)42)46-26-14-11-23(58-5)16-27(26)47-32/h8,10-11,14,16,20-22,24-25,28-29H,6-7,9,12-13,15,17-19H2,1-5H3,(H,48,55)(H,49,52)(H,50,54)/b10-8-/t20-,21-,22-,24-,28+,29+,37-/m1/s1. The lowest BCUT2D eigenvalue weighted by Crippen LogP contribution is -2.59. The first-order valence-corrected chi connectivity index (χ1v) is 21.4. The number of allylic oxidation sites excluding steroid dienone is 1. The van der Waals surface area contributed by atoms with Gasteiger partial charge in [-0.15, -0.1) is 0 Å². The quantitative estimate of drug-likeness (QED) is 0.218. The van der Waals surface area contributed by atoms with Gasteiger partial charge >= 0.3 is 18.4 Å². The third kappa shape index (κ3) is 9.93. The van der Waals surface area contributed by atoms with Crippen LogP contribution in [-0.2, 0) is 35.3 Å². The van der Waals surface area contributed by atoms with E-state index in [9.17, 15) is 53.9 Å². The number of nitrogens with one attached hydrogen (secondary N) is 3. The highest BCUT2D eigenvalue weighted by molar-refractivity contribution is 7.91. The van der Waals surface area contributed by atoms with Gasteiger partial charge in [-0.2, -0.15) is 26.3 Å². The SMILES string of the molecule is CC[C@@H]1C[C@H](C)CC/C=C\[C@@H]2C[C@@]2(C(=O)NS(=O)(=O)C2CC2)NC(=O)[C@@H]2C[C@@H](Oc3nc4cc(OC)ccc4nc3C(F)(F)F)CN2C(=O)[C@H]1NC(=O)OC(C)(C)C(F)(F)F. The summed E-state index contributed by atoms with van der Waals surface area (Å²) in [5.41, 5.74) is -6.49. The number of carbonyl (C=O) groups is 4. The molecule has 61 heavy (non-hydrogen) atoms. The van der Waals surface area contributed by atoms with Crippen molar-refractivity contribution in [3.8, 4) is 11.6 Å². The summed E-state index contributed by atoms with van der Waals surface area (Å²) < 4.78 is 128. The first-order chi connectivity index (χ1) is 28.4. The van der Waals surface area contributed by atoms with Gasteiger partial charge in [-0.1, -0.05) is 32.4 Å². The lowest BCUT2D eigenvalue weighted by molar-refractivity contribution is -0.244. The van der Waals surface area contributed by atoms with E-state index in [1.165, 1.54) is 25.3 Å². The summed E-state index contributed by atoms with van der Waals surface area (Å²) in [4.78, 5) is 65.0. The Labute approximate surface area is 347 Å². The molecule has 3 heterocycles. The van der Waals surface area contributed by atoms with E-state index in [1.807, 2.05) is 6.92 Å². The first kappa shape index (κ1) is 45.6. The number of ether oxygens (including phenoxy) is 3. The normalized spacial score (nSPS) is 28.3. The third-order valence-electron chi connectivity index (χ3n) is 11.7. The lowest BCUT2D eigenvalue weighted by Gasteiger charge is -2.35. The fourth-order valence-corrected chi connectivity index (χ4v) is 9.10. The van der Waals surface area contributed by atoms with Crippen LogP contribution in [0.5, 0.6) is 11.6 Å². The molecule has 3 fully saturated rings. The number of methoxy groups -OCH3 is 1. The van der Waals surface area contributed by atoms with Gasteiger partial charge in [0.25, 0.3) is 5.91 Å². The Morgan fingerprint density at radius 1 is 1.03 bits per heavy atom. The molecule has 0 spiro atoms. The molecule has 336 valence electrons. The molecule has 1 saturated heterocycles. The van der Waals surface area contributed by atoms with E-state index in [1.54, 1.807) is 19.1 Å². The van der Waals surface area contributed by atoms with Gasteiger partial charge in [-0.05, 0) is 76.3 Å². The van der Waals surface area contributed by atoms with Crippen molar-refractivity contribution in [3.05, 3.63) is 36.0 Å². The number of alkyl halides is 6. The molecule has 2 saturated carbocycles. The fraction of sp³-hybridized carbons (Fsp3) is 0.641. The van der Waals surface area contributed by atoms with Gasteiger partial charge in [-0.3, -0.25) is 19.1 Å². The second-order valence-corrected chi connectivity index (χ2v) is 18.7. The largest absolute Gasteiger partial charge is 0.497 e. The van der Waals surface area contributed by atoms with E-state index in [-0.39, 0.29) is 42.0 Å². The number of benzene rings is 1. The van der Waals surface area contributed by atoms with E-state index in [2.05, 4.69) is 25.3 Å². The molecule has 3 N–H and O–H groups in total. The Kier molecular flexibility index (Phi) is 12.5. The molecule has 22 heteroatoms. The van der Waals surface area contributed by atoms with E-state index < -0.39 is 117 Å². The van der Waals surface area contributed by atoms with Crippen molar-refractivity contribution in [2.75, 3.05) is 13.7 Å². The Morgan fingerprint density at radius 2 is 1.74 bits per heavy atom. The number of halogens is 6. The maximum Gasteiger partial charge on any atom is 0.438 e. The summed E-state index contributed by atoms with van der Waals surface area (Å²) in [6.45, 7) is 4.20. The van der Waals surface area contributed by atoms with Crippen LogP contribution in [0.25, 0.3) is 11.0 Å². The number of nitrogens with zero attached hydrogens (tertiary/aromatic N) is 3. The minimum Gasteiger partial charge on any atom is -0.497 e. The molecule has 7 atom stereocenters. The fourth-order valence-electron chi connectivity index (χ4n) is 7.73. The van der Waals surface area contributed by atoms with Crippen molar-refractivity contribution >= 4 is 44.9 Å². The molecule has 0 unspecified atom stereocenters. The molecule has 4 aliphatic rings. The van der Waals surface area contributed by atoms with Crippen LogP contribution in [0.1, 0.15) is 84.8 Å². The van der Waals surface area contributed by atoms with E-state index >= 15 is 0 Å². The van der Waals surface area contributed by atoms with Crippen LogP contribution in [-0.4, -0.2) is 102 Å². The topological polar surface area (TPSA) is 195 Å². The second-order valence-electron chi connectivity index (χ2n) is 16.7. The predicted octanol–water partition coefficient (Wildman–Crippen LogP) is 5.33. The third-order valence-corrected chi connectivity index (χ3v) is 13.5. The summed E-state index contributed by atoms with van der Waals surface area (Å²) in [6.07, 6.45) is -8.03. The Morgan fingerprint density at radius 3 is 2.36 bits per heavy atom. The summed E-state index contributed by atoms with van der Waals surface area (Å²) >= 11 is 0. The number of amides is 4. The van der Waals surface area contributed by atoms with Gasteiger partial charge in [0, 0.05) is 18.4 Å². The number of hydrogen-bond acceptors (Lipinski definition) is 11. The van der Waals surface area contributed by atoms with Gasteiger partial charge < -0.3 is 29.7 Å². The van der Waals surface area contributed by atoms with Crippen molar-refractivity contribution in [2.24, 2.45) is 17.8 Å². The monoisotopic (exact) mass is 890 g/mol. The molecule has 2 aliphatic heterocycles. The van der Waals surface area contributed by atoms with Gasteiger partial charge in [0.05, 0.1) is 29.9 Å². The van der Waals surface area contributed by atoms with Crippen molar-refractivity contribution in [1.29, 1.82) is 0 Å². The number of sulfonamides is 1. The molecular weight excluding hydrogens is 843 g/mol. The van der Waals surface area contributed by atoms with Crippen LogP contribution < -0.4 is 24.8 Å². The lowest BCUT2D eigenvalue weighted by atomic mass is 9.85. The van der Waals surface area contributed by atoms with Gasteiger partial charge in [-0.25, -0.2) is 23.2 Å². The second kappa shape index (κ2) is 16.8. The van der Waals surface area contributed by atoms with Crippen LogP contribution in [0.2, 0.25) is 0 Å². The molecule has 1 aromatic carbocycles. The van der Waals surface area contributed by atoms with Gasteiger partial charge in [0.15, 0.2) is 0 Å². The van der Waals surface area contributed by atoms with Crippen LogP contribution >= 0.6 is 0 Å². The van der Waals surface area contributed by atoms with Gasteiger partial charge in [0.2, 0.25) is 39.0 Å². The van der Waals surface area contributed by atoms with E-state index in [4.69, 9.17) is 14.2 Å². The molecule has 0 radical (unpaired) electrons. The molecule has 4 amide bonds. The first-order valence-electron chi connectivity index (χ1n) is 19.9. The zero-order valence-electron chi connectivity index (χ0n) is 34.0. The Hall–Kier alpha value is -4.89. The van der Waals surface area contributed by atoms with E-state index in [0.717, 1.165) is 4.90 Å². The van der Waals surface area contributed by atoms with Crippen molar-refractivity contribution in [2.45, 2.75) is 126 Å². The zero-order chi connectivity index (χ0) is 44.9. The Bertz CT molecular complexity index is 2180. The van der Waals surface area contributed by atoms with Crippen LogP contribution in [0.15, 0.2) is 30.4 Å². The van der Waals surface area contributed by atoms with E-state index in [0.29, 0.717) is 39.5 Å². The summed E-state index contributed by atoms with van der Waals surface area (Å²) in [6, 6.07) is 0.722. The zero-order valence-corrected chi connectivity index (χ0v) is 34.8. The van der Waals surface area contributed by atoms with Crippen molar-refractivity contribution < 1.29 is 68.1 Å². The highest BCUT2D eigenvalue weighted by Gasteiger charge is 2.62. The van der Waals surface area contributed by atoms with Crippen LogP contribution in [0, 0.1) is 17.8 Å². The number of alkyl carbamates (subject to hydrolysis) is 1. The van der Waals surface area contributed by atoms with Crippen LogP contribution in [0.4, 0.5) is 31.1 Å². The molecule has 6 rings (SSSR count). The van der Waals surface area contributed by atoms with Crippen molar-refractivity contribution in [1.82, 2.24) is 30.2 Å². The predicted molar refractivity (Wildman–Crippen MR) is 204 cm³/mol. The number of hydrogen-bond donors (Lipinski definition) is 3. The number of carbonyl (C=O) groups excluding carboxylic acids is 4. The maximum atomic E-state index is 14.8. The highest BCUT2D eigenvalue weighted by Crippen LogP contribution is 2.46. The average molecular weight is 891 g/mol. The number of aromatic nitrogens is 2. The average Bonchev–Trinajstić information content (AvgIpc) is 4.09. The highest BCUT2D eigenvalue weighted by atomic mass is 32.2. The Balaban J connectivity index is 1.40. The molecule has 2 aliphatic carbocycles. The van der Waals surface area contributed by atoms with Crippen molar-refractivity contribution in [3.63, 3.8) is 0 Å². The summed E-state index contributed by atoms with van der Waals surface area (Å²) in [5, 5.41) is 4.14. The number of fused-ring (bicyclic) bond motifs is 3. The molecule has 1 aromatic heterocycles. The minimum atomic E-state index is -5.09. The summed E-state index contributed by atoms with van der Waals surface area (Å²) in [5.74, 6) is -5.33. The minimum absolute atomic E-state index is 0.0224. The number of rotatable bonds is 9. The molecule has 2 aromatic rings. The molecular formula is C39H48F6N6O9S. The molecule has 15 nitrogen and oxygen atoms in total. The van der Waals surface area contributed by atoms with Gasteiger partial charge in [0.1, 0.15) is 29.5 Å². The summed E-state index contributed by atoms with van der Waals surface area (Å²) in [7, 11) is -2.76. The maximum absolute atomic E-state index is 14.8. The van der Waals surface area contributed by atoms with Crippen LogP contribution in [0.3, 0.4) is 0 Å². The molecule has 0 bridgehead atoms. The smallest absolute Gasteiger partial charge is 0.438 e.